The molecule has 3 aliphatic carbocycles. The summed E-state index contributed by atoms with van der Waals surface area (Å²) in [6.07, 6.45) is 16.0. The van der Waals surface area contributed by atoms with Crippen LogP contribution in [0, 0.1) is 17.8 Å². The Balaban J connectivity index is 1.94. The highest BCUT2D eigenvalue weighted by molar-refractivity contribution is 6.74. The molecule has 226 valence electrons. The van der Waals surface area contributed by atoms with Crippen LogP contribution in [0.25, 0.3) is 0 Å². The van der Waals surface area contributed by atoms with Crippen LogP contribution >= 0.6 is 0 Å². The fraction of sp³-hybridized carbons (Fsp3) is 0.909. The molecule has 0 bridgehead atoms. The number of Topliss-reactive ketones (excluding diaryl/α,β-unsaturated/α-hetero) is 1. The molecule has 3 aliphatic rings. The summed E-state index contributed by atoms with van der Waals surface area (Å²) in [4.78, 5) is 13.2. The number of carbonyl (C=O) groups is 1. The molecule has 5 atom stereocenters. The lowest BCUT2D eigenvalue weighted by Gasteiger charge is -2.57. The number of rotatable bonds is 11. The predicted octanol–water partition coefficient (Wildman–Crippen LogP) is 9.46. The van der Waals surface area contributed by atoms with Crippen LogP contribution in [-0.2, 0) is 18.4 Å². The molecule has 39 heavy (non-hydrogen) atoms. The molecule has 0 aromatic heterocycles. The molecular weight excluding hydrogens is 517 g/mol. The Labute approximate surface area is 243 Å². The second-order valence-corrected chi connectivity index (χ2v) is 25.5. The lowest BCUT2D eigenvalue weighted by Crippen LogP contribution is -2.66. The van der Waals surface area contributed by atoms with E-state index in [4.69, 9.17) is 13.6 Å². The second-order valence-electron chi connectivity index (χ2n) is 16.0. The van der Waals surface area contributed by atoms with Crippen LogP contribution in [0.2, 0.25) is 36.3 Å². The number of carbonyl (C=O) groups excluding carboxylic acids is 1. The first-order valence-electron chi connectivity index (χ1n) is 16.2. The third-order valence-corrected chi connectivity index (χ3v) is 20.1. The van der Waals surface area contributed by atoms with Crippen molar-refractivity contribution in [2.75, 3.05) is 6.61 Å². The van der Waals surface area contributed by atoms with Crippen LogP contribution in [0.1, 0.15) is 113 Å². The highest BCUT2D eigenvalue weighted by Gasteiger charge is 2.62. The summed E-state index contributed by atoms with van der Waals surface area (Å²) in [5, 5.41) is 0.328. The van der Waals surface area contributed by atoms with Gasteiger partial charge in [0.15, 0.2) is 22.4 Å². The zero-order valence-corrected chi connectivity index (χ0v) is 29.5. The van der Waals surface area contributed by atoms with E-state index >= 15 is 0 Å². The number of unbranched alkanes of at least 4 members (excludes halogenated alkanes) is 1. The van der Waals surface area contributed by atoms with Gasteiger partial charge in [-0.05, 0) is 74.3 Å². The van der Waals surface area contributed by atoms with Gasteiger partial charge in [-0.1, -0.05) is 86.3 Å². The van der Waals surface area contributed by atoms with Crippen LogP contribution in [0.5, 0.6) is 0 Å². The van der Waals surface area contributed by atoms with Gasteiger partial charge >= 0.3 is 0 Å². The molecule has 3 saturated carbocycles. The molecule has 0 saturated heterocycles. The normalized spacial score (nSPS) is 30.3. The van der Waals surface area contributed by atoms with E-state index in [-0.39, 0.29) is 34.1 Å². The summed E-state index contributed by atoms with van der Waals surface area (Å²) in [6, 6.07) is 0. The van der Waals surface area contributed by atoms with Crippen molar-refractivity contribution in [3.63, 3.8) is 0 Å². The molecule has 0 amide bonds. The lowest BCUT2D eigenvalue weighted by molar-refractivity contribution is -0.198. The zero-order chi connectivity index (χ0) is 29.3. The van der Waals surface area contributed by atoms with Gasteiger partial charge in [0.05, 0.1) is 12.2 Å². The second kappa shape index (κ2) is 12.5. The van der Waals surface area contributed by atoms with Crippen molar-refractivity contribution in [1.29, 1.82) is 0 Å². The fourth-order valence-electron chi connectivity index (χ4n) is 6.31. The summed E-state index contributed by atoms with van der Waals surface area (Å²) < 4.78 is 20.8. The van der Waals surface area contributed by atoms with E-state index in [0.717, 1.165) is 25.7 Å². The maximum Gasteiger partial charge on any atom is 0.192 e. The third kappa shape index (κ3) is 7.39. The van der Waals surface area contributed by atoms with Crippen molar-refractivity contribution in [2.24, 2.45) is 17.8 Å². The van der Waals surface area contributed by atoms with Crippen molar-refractivity contribution in [1.82, 2.24) is 0 Å². The molecule has 0 radical (unpaired) electrons. The van der Waals surface area contributed by atoms with Crippen molar-refractivity contribution in [3.8, 4) is 0 Å². The fourth-order valence-corrected chi connectivity index (χ4v) is 9.00. The average Bonchev–Trinajstić information content (AvgIpc) is 2.82. The Morgan fingerprint density at radius 3 is 2.10 bits per heavy atom. The van der Waals surface area contributed by atoms with E-state index in [1.807, 2.05) is 0 Å². The highest BCUT2D eigenvalue weighted by atomic mass is 28.4. The van der Waals surface area contributed by atoms with Crippen molar-refractivity contribution in [2.45, 2.75) is 167 Å². The first-order valence-corrected chi connectivity index (χ1v) is 22.0. The standard InChI is InChI=1S/C33H62O4Si2/c1-12-13-23-35-33-22-21-29(37-39(10,11)32(5,6)7)26(27(33)24-30(33)34)19-20-28(25-17-15-14-16-18-25)36-38(8,9)31(2,3)4/h19-20,25-29H,12-18,21-24H2,1-11H3/b20-19+/t26-,27-,28+,29-,33-/m0/s1. The maximum absolute atomic E-state index is 13.2. The van der Waals surface area contributed by atoms with Gasteiger partial charge in [-0.2, -0.15) is 0 Å². The minimum Gasteiger partial charge on any atom is -0.413 e. The Morgan fingerprint density at radius 1 is 0.949 bits per heavy atom. The molecule has 0 aliphatic heterocycles. The van der Waals surface area contributed by atoms with E-state index in [1.165, 1.54) is 32.1 Å². The first-order chi connectivity index (χ1) is 18.0. The SMILES string of the molecule is CCCCO[C@@]12CC[C@H](O[Si](C)(C)C(C)(C)C)[C@@H](/C=C/[C@@H](O[Si](C)(C)C(C)(C)C)C3CCCCC3)[C@@H]1CC2=O. The molecule has 0 aromatic rings. The van der Waals surface area contributed by atoms with Gasteiger partial charge < -0.3 is 13.6 Å². The van der Waals surface area contributed by atoms with Gasteiger partial charge in [0.2, 0.25) is 0 Å². The monoisotopic (exact) mass is 578 g/mol. The Bertz CT molecular complexity index is 847. The molecule has 4 nitrogen and oxygen atoms in total. The van der Waals surface area contributed by atoms with E-state index in [0.29, 0.717) is 24.7 Å². The van der Waals surface area contributed by atoms with Crippen molar-refractivity contribution < 1.29 is 18.4 Å². The molecule has 0 unspecified atom stereocenters. The minimum absolute atomic E-state index is 0.142. The van der Waals surface area contributed by atoms with Gasteiger partial charge in [0, 0.05) is 24.9 Å². The number of ether oxygens (including phenoxy) is 1. The molecular formula is C33H62O4Si2. The van der Waals surface area contributed by atoms with E-state index in [2.05, 4.69) is 86.8 Å². The van der Waals surface area contributed by atoms with Crippen molar-refractivity contribution >= 4 is 22.4 Å². The van der Waals surface area contributed by atoms with Gasteiger partial charge in [-0.15, -0.1) is 0 Å². The number of hydrogen-bond acceptors (Lipinski definition) is 4. The third-order valence-electron chi connectivity index (χ3n) is 11.2. The van der Waals surface area contributed by atoms with Crippen molar-refractivity contribution in [3.05, 3.63) is 12.2 Å². The molecule has 0 N–H and O–H groups in total. The van der Waals surface area contributed by atoms with Crippen LogP contribution in [0.3, 0.4) is 0 Å². The maximum atomic E-state index is 13.2. The van der Waals surface area contributed by atoms with Crippen LogP contribution < -0.4 is 0 Å². The summed E-state index contributed by atoms with van der Waals surface area (Å²) in [6.45, 7) is 26.4. The lowest BCUT2D eigenvalue weighted by atomic mass is 9.55. The topological polar surface area (TPSA) is 44.8 Å². The van der Waals surface area contributed by atoms with Gasteiger partial charge in [0.1, 0.15) is 5.60 Å². The van der Waals surface area contributed by atoms with Gasteiger partial charge in [0.25, 0.3) is 0 Å². The van der Waals surface area contributed by atoms with Crippen LogP contribution in [0.15, 0.2) is 12.2 Å². The van der Waals surface area contributed by atoms with E-state index < -0.39 is 22.2 Å². The molecule has 3 rings (SSSR count). The number of ketones is 1. The van der Waals surface area contributed by atoms with Gasteiger partial charge in [-0.25, -0.2) is 0 Å². The Morgan fingerprint density at radius 2 is 1.56 bits per heavy atom. The summed E-state index contributed by atoms with van der Waals surface area (Å²) >= 11 is 0. The summed E-state index contributed by atoms with van der Waals surface area (Å²) in [5.74, 6) is 1.30. The minimum atomic E-state index is -1.97. The largest absolute Gasteiger partial charge is 0.413 e. The molecule has 0 heterocycles. The number of fused-ring (bicyclic) bond motifs is 1. The average molecular weight is 579 g/mol. The Kier molecular flexibility index (Phi) is 10.7. The van der Waals surface area contributed by atoms with Gasteiger partial charge in [-0.3, -0.25) is 4.79 Å². The zero-order valence-electron chi connectivity index (χ0n) is 27.5. The van der Waals surface area contributed by atoms with E-state index in [9.17, 15) is 4.79 Å². The van der Waals surface area contributed by atoms with Crippen LogP contribution in [-0.4, -0.2) is 46.8 Å². The van der Waals surface area contributed by atoms with E-state index in [1.54, 1.807) is 0 Å². The molecule has 6 heteroatoms. The Hall–Kier alpha value is -0.276. The smallest absolute Gasteiger partial charge is 0.192 e. The molecule has 0 aromatic carbocycles. The highest BCUT2D eigenvalue weighted by Crippen LogP contribution is 2.54. The quantitative estimate of drug-likeness (QED) is 0.139. The molecule has 0 spiro atoms. The number of hydrogen-bond donors (Lipinski definition) is 0. The predicted molar refractivity (Wildman–Crippen MR) is 169 cm³/mol. The first kappa shape index (κ1) is 33.2. The molecule has 3 fully saturated rings. The summed E-state index contributed by atoms with van der Waals surface area (Å²) in [5.41, 5.74) is -0.599. The summed E-state index contributed by atoms with van der Waals surface area (Å²) in [7, 11) is -3.91. The van der Waals surface area contributed by atoms with Crippen LogP contribution in [0.4, 0.5) is 0 Å².